The van der Waals surface area contributed by atoms with Crippen LogP contribution in [0.15, 0.2) is 49.6 Å². The Bertz CT molecular complexity index is 973. The normalized spacial score (nSPS) is 16.2. The summed E-state index contributed by atoms with van der Waals surface area (Å²) in [6.45, 7) is 3.65. The number of carbonyl (C=O) groups excluding carboxylic acids is 1. The van der Waals surface area contributed by atoms with Crippen molar-refractivity contribution in [1.82, 2.24) is 9.97 Å². The first-order valence-corrected chi connectivity index (χ1v) is 8.48. The molecule has 3 rings (SSSR count). The molecule has 2 aromatic rings. The summed E-state index contributed by atoms with van der Waals surface area (Å²) >= 11 is 3.37. The predicted molar refractivity (Wildman–Crippen MR) is 96.6 cm³/mol. The number of carbonyl (C=O) groups is 1. The summed E-state index contributed by atoms with van der Waals surface area (Å²) in [5.74, 6) is -0.868. The van der Waals surface area contributed by atoms with E-state index >= 15 is 0 Å². The first-order valence-electron chi connectivity index (χ1n) is 7.69. The van der Waals surface area contributed by atoms with Crippen molar-refractivity contribution < 1.29 is 9.53 Å². The number of anilines is 1. The Balaban J connectivity index is 2.27. The van der Waals surface area contributed by atoms with Gasteiger partial charge in [0.05, 0.1) is 23.7 Å². The molecular weight excluding hydrogens is 390 g/mol. The molecule has 1 aromatic heterocycles. The molecule has 1 aliphatic heterocycles. The van der Waals surface area contributed by atoms with Crippen LogP contribution >= 0.6 is 15.9 Å². The molecule has 0 amide bonds. The number of fused-ring (bicyclic) bond motifs is 1. The highest BCUT2D eigenvalue weighted by atomic mass is 79.9. The van der Waals surface area contributed by atoms with Gasteiger partial charge in [0.2, 0.25) is 0 Å². The van der Waals surface area contributed by atoms with Gasteiger partial charge in [-0.1, -0.05) is 28.1 Å². The summed E-state index contributed by atoms with van der Waals surface area (Å²) in [6.07, 6.45) is 0. The molecule has 1 atom stereocenters. The fourth-order valence-electron chi connectivity index (χ4n) is 2.95. The van der Waals surface area contributed by atoms with E-state index in [1.807, 2.05) is 24.3 Å². The summed E-state index contributed by atoms with van der Waals surface area (Å²) in [5, 5.41) is 2.94. The van der Waals surface area contributed by atoms with E-state index < -0.39 is 23.1 Å². The minimum Gasteiger partial charge on any atom is -0.463 e. The van der Waals surface area contributed by atoms with Crippen molar-refractivity contribution in [3.8, 4) is 0 Å². The monoisotopic (exact) mass is 405 g/mol. The Morgan fingerprint density at radius 1 is 1.20 bits per heavy atom. The molecule has 130 valence electrons. The third kappa shape index (κ3) is 3.17. The number of rotatable bonds is 3. The Labute approximate surface area is 151 Å². The zero-order valence-electron chi connectivity index (χ0n) is 13.6. The molecule has 7 nitrogen and oxygen atoms in total. The molecule has 8 heteroatoms. The molecule has 0 radical (unpaired) electrons. The van der Waals surface area contributed by atoms with Crippen LogP contribution in [0.4, 0.5) is 5.82 Å². The minimum absolute atomic E-state index is 0.220. The van der Waals surface area contributed by atoms with Gasteiger partial charge in [-0.15, -0.1) is 0 Å². The van der Waals surface area contributed by atoms with E-state index in [0.717, 1.165) is 10.0 Å². The smallest absolute Gasteiger partial charge is 0.336 e. The summed E-state index contributed by atoms with van der Waals surface area (Å²) in [7, 11) is 0. The van der Waals surface area contributed by atoms with Crippen LogP contribution in [0.3, 0.4) is 0 Å². The molecule has 0 saturated carbocycles. The van der Waals surface area contributed by atoms with Crippen molar-refractivity contribution in [3.05, 3.63) is 72.0 Å². The molecule has 25 heavy (non-hydrogen) atoms. The van der Waals surface area contributed by atoms with E-state index in [-0.39, 0.29) is 18.0 Å². The van der Waals surface area contributed by atoms with E-state index in [1.165, 1.54) is 0 Å². The lowest BCUT2D eigenvalue weighted by Crippen LogP contribution is -2.34. The number of aromatic nitrogens is 2. The fourth-order valence-corrected chi connectivity index (χ4v) is 3.22. The number of hydrogen-bond acceptors (Lipinski definition) is 5. The van der Waals surface area contributed by atoms with Gasteiger partial charge >= 0.3 is 11.7 Å². The van der Waals surface area contributed by atoms with Gasteiger partial charge in [0.25, 0.3) is 5.56 Å². The van der Waals surface area contributed by atoms with Crippen LogP contribution in [0.2, 0.25) is 0 Å². The first kappa shape index (κ1) is 17.2. The second kappa shape index (κ2) is 6.72. The van der Waals surface area contributed by atoms with E-state index in [1.54, 1.807) is 13.8 Å². The van der Waals surface area contributed by atoms with Crippen molar-refractivity contribution in [2.75, 3.05) is 11.9 Å². The Kier molecular flexibility index (Phi) is 4.63. The van der Waals surface area contributed by atoms with Gasteiger partial charge in [0.1, 0.15) is 5.82 Å². The van der Waals surface area contributed by atoms with Crippen molar-refractivity contribution >= 4 is 27.7 Å². The van der Waals surface area contributed by atoms with Gasteiger partial charge in [-0.2, -0.15) is 0 Å². The lowest BCUT2D eigenvalue weighted by molar-refractivity contribution is -0.138. The van der Waals surface area contributed by atoms with Crippen molar-refractivity contribution in [1.29, 1.82) is 0 Å². The van der Waals surface area contributed by atoms with Crippen LogP contribution in [0, 0.1) is 0 Å². The SMILES string of the molecule is CCOC(=O)C1=C(C)Nc2[nH]c(=O)[nH]c(=O)c2C1c1ccc(Br)cc1. The molecule has 0 bridgehead atoms. The highest BCUT2D eigenvalue weighted by molar-refractivity contribution is 9.10. The van der Waals surface area contributed by atoms with Crippen molar-refractivity contribution in [2.45, 2.75) is 19.8 Å². The van der Waals surface area contributed by atoms with Crippen LogP contribution in [-0.2, 0) is 9.53 Å². The Hall–Kier alpha value is -2.61. The molecular formula is C17H16BrN3O4. The summed E-state index contributed by atoms with van der Waals surface area (Å²) in [4.78, 5) is 41.4. The summed E-state index contributed by atoms with van der Waals surface area (Å²) in [5.41, 5.74) is 0.725. The number of aromatic amines is 2. The highest BCUT2D eigenvalue weighted by Gasteiger charge is 2.35. The van der Waals surface area contributed by atoms with Gasteiger partial charge in [-0.3, -0.25) is 14.8 Å². The molecule has 3 N–H and O–H groups in total. The number of halogens is 1. The van der Waals surface area contributed by atoms with Gasteiger partial charge < -0.3 is 10.1 Å². The maximum Gasteiger partial charge on any atom is 0.336 e. The average molecular weight is 406 g/mol. The van der Waals surface area contributed by atoms with Crippen LogP contribution in [0.5, 0.6) is 0 Å². The molecule has 0 fully saturated rings. The van der Waals surface area contributed by atoms with E-state index in [0.29, 0.717) is 11.3 Å². The lowest BCUT2D eigenvalue weighted by Gasteiger charge is -2.28. The van der Waals surface area contributed by atoms with Gasteiger partial charge in [0.15, 0.2) is 0 Å². The third-order valence-corrected chi connectivity index (χ3v) is 4.50. The van der Waals surface area contributed by atoms with Crippen LogP contribution in [0.25, 0.3) is 0 Å². The number of benzene rings is 1. The number of nitrogens with one attached hydrogen (secondary N) is 3. The maximum atomic E-state index is 12.5. The van der Waals surface area contributed by atoms with Crippen LogP contribution in [0.1, 0.15) is 30.9 Å². The zero-order chi connectivity index (χ0) is 18.1. The first-order chi connectivity index (χ1) is 11.9. The molecule has 0 aliphatic carbocycles. The standard InChI is InChI=1S/C17H16BrN3O4/c1-3-25-16(23)11-8(2)19-14-13(15(22)21-17(24)20-14)12(11)9-4-6-10(18)7-5-9/h4-7,12H,3H2,1-2H3,(H3,19,20,21,22,24). The average Bonchev–Trinajstić information content (AvgIpc) is 2.54. The second-order valence-electron chi connectivity index (χ2n) is 5.57. The number of hydrogen-bond donors (Lipinski definition) is 3. The molecule has 1 aromatic carbocycles. The summed E-state index contributed by atoms with van der Waals surface area (Å²) in [6, 6.07) is 7.30. The molecule has 2 heterocycles. The van der Waals surface area contributed by atoms with Crippen molar-refractivity contribution in [3.63, 3.8) is 0 Å². The van der Waals surface area contributed by atoms with Gasteiger partial charge in [0, 0.05) is 10.2 Å². The van der Waals surface area contributed by atoms with E-state index in [2.05, 4.69) is 31.2 Å². The van der Waals surface area contributed by atoms with E-state index in [9.17, 15) is 14.4 Å². The quantitative estimate of drug-likeness (QED) is 0.679. The highest BCUT2D eigenvalue weighted by Crippen LogP contribution is 2.39. The fraction of sp³-hybridized carbons (Fsp3) is 0.235. The zero-order valence-corrected chi connectivity index (χ0v) is 15.2. The minimum atomic E-state index is -0.649. The van der Waals surface area contributed by atoms with E-state index in [4.69, 9.17) is 4.74 Å². The largest absolute Gasteiger partial charge is 0.463 e. The van der Waals surface area contributed by atoms with Gasteiger partial charge in [-0.05, 0) is 31.5 Å². The molecule has 1 unspecified atom stereocenters. The Morgan fingerprint density at radius 2 is 1.88 bits per heavy atom. The molecule has 0 spiro atoms. The third-order valence-electron chi connectivity index (χ3n) is 3.97. The second-order valence-corrected chi connectivity index (χ2v) is 6.48. The number of allylic oxidation sites excluding steroid dienone is 1. The maximum absolute atomic E-state index is 12.5. The topological polar surface area (TPSA) is 104 Å². The summed E-state index contributed by atoms with van der Waals surface area (Å²) < 4.78 is 6.05. The number of esters is 1. The molecule has 1 aliphatic rings. The lowest BCUT2D eigenvalue weighted by atomic mass is 9.82. The number of ether oxygens (including phenoxy) is 1. The predicted octanol–water partition coefficient (Wildman–Crippen LogP) is 2.22. The Morgan fingerprint density at radius 3 is 2.52 bits per heavy atom. The van der Waals surface area contributed by atoms with Crippen LogP contribution in [-0.4, -0.2) is 22.5 Å². The number of H-pyrrole nitrogens is 2. The van der Waals surface area contributed by atoms with Crippen molar-refractivity contribution in [2.24, 2.45) is 0 Å². The van der Waals surface area contributed by atoms with Crippen LogP contribution < -0.4 is 16.6 Å². The van der Waals surface area contributed by atoms with Gasteiger partial charge in [-0.25, -0.2) is 9.59 Å². The molecule has 0 saturated heterocycles.